The molecule has 0 saturated heterocycles. The lowest BCUT2D eigenvalue weighted by Crippen LogP contribution is -2.09. The Kier molecular flexibility index (Phi) is 14.5. The number of alkyl halides is 1. The van der Waals surface area contributed by atoms with Crippen molar-refractivity contribution in [1.82, 2.24) is 0 Å². The van der Waals surface area contributed by atoms with Gasteiger partial charge < -0.3 is 4.74 Å². The number of esters is 1. The monoisotopic (exact) mass is 358 g/mol. The highest BCUT2D eigenvalue weighted by atomic mass is 35.5. The zero-order valence-electron chi connectivity index (χ0n) is 16.4. The third-order valence-corrected chi connectivity index (χ3v) is 4.80. The van der Waals surface area contributed by atoms with Crippen molar-refractivity contribution in [3.63, 3.8) is 0 Å². The molecule has 0 aliphatic heterocycles. The van der Waals surface area contributed by atoms with E-state index in [0.717, 1.165) is 37.0 Å². The minimum absolute atomic E-state index is 0.269. The van der Waals surface area contributed by atoms with Crippen LogP contribution in [0.2, 0.25) is 0 Å². The molecule has 2 unspecified atom stereocenters. The van der Waals surface area contributed by atoms with E-state index in [0.29, 0.717) is 11.5 Å². The summed E-state index contributed by atoms with van der Waals surface area (Å²) in [4.78, 5) is 11.6. The Morgan fingerprint density at radius 2 is 1.42 bits per heavy atom. The molecule has 0 amide bonds. The Morgan fingerprint density at radius 1 is 0.917 bits per heavy atom. The zero-order chi connectivity index (χ0) is 18.4. The fourth-order valence-electron chi connectivity index (χ4n) is 2.98. The maximum atomic E-state index is 11.6. The molecule has 0 aromatic heterocycles. The van der Waals surface area contributed by atoms with E-state index >= 15 is 0 Å². The summed E-state index contributed by atoms with van der Waals surface area (Å²) in [6.07, 6.45) is 11.0. The third-order valence-electron chi connectivity index (χ3n) is 4.65. The van der Waals surface area contributed by atoms with Gasteiger partial charge in [0.2, 0.25) is 0 Å². The van der Waals surface area contributed by atoms with Crippen molar-refractivity contribution in [2.24, 2.45) is 17.8 Å². The molecular formula is C21H39ClO2. The zero-order valence-corrected chi connectivity index (χ0v) is 17.2. The van der Waals surface area contributed by atoms with Crippen LogP contribution in [-0.4, -0.2) is 18.5 Å². The van der Waals surface area contributed by atoms with Crippen molar-refractivity contribution in [3.8, 4) is 0 Å². The normalized spacial score (nSPS) is 13.8. The molecule has 3 heteroatoms. The molecule has 0 aliphatic carbocycles. The second-order valence-corrected chi connectivity index (χ2v) is 8.16. The van der Waals surface area contributed by atoms with Crippen LogP contribution in [0.4, 0.5) is 0 Å². The highest BCUT2D eigenvalue weighted by Gasteiger charge is 2.10. The van der Waals surface area contributed by atoms with Crippen molar-refractivity contribution in [2.75, 3.05) is 12.5 Å². The minimum Gasteiger partial charge on any atom is -0.461 e. The van der Waals surface area contributed by atoms with Gasteiger partial charge in [0.25, 0.3) is 0 Å². The maximum absolute atomic E-state index is 11.6. The van der Waals surface area contributed by atoms with E-state index in [1.54, 1.807) is 0 Å². The summed E-state index contributed by atoms with van der Waals surface area (Å²) >= 11 is 5.50. The van der Waals surface area contributed by atoms with Gasteiger partial charge in [-0.2, -0.15) is 0 Å². The van der Waals surface area contributed by atoms with Crippen LogP contribution < -0.4 is 0 Å². The predicted octanol–water partition coefficient (Wildman–Crippen LogP) is 6.76. The second-order valence-electron chi connectivity index (χ2n) is 7.79. The Labute approximate surface area is 155 Å². The van der Waals surface area contributed by atoms with E-state index < -0.39 is 0 Å². The quantitative estimate of drug-likeness (QED) is 0.183. The van der Waals surface area contributed by atoms with Crippen LogP contribution in [0.25, 0.3) is 0 Å². The van der Waals surface area contributed by atoms with E-state index in [4.69, 9.17) is 16.3 Å². The van der Waals surface area contributed by atoms with Crippen LogP contribution >= 0.6 is 11.6 Å². The van der Waals surface area contributed by atoms with Gasteiger partial charge in [-0.05, 0) is 30.6 Å². The number of hydrogen-bond donors (Lipinski definition) is 0. The van der Waals surface area contributed by atoms with Gasteiger partial charge >= 0.3 is 5.97 Å². The fraction of sp³-hybridized carbons (Fsp3) is 0.857. The van der Waals surface area contributed by atoms with Crippen LogP contribution in [-0.2, 0) is 9.53 Å². The van der Waals surface area contributed by atoms with Crippen LogP contribution in [0.1, 0.15) is 85.5 Å². The van der Waals surface area contributed by atoms with E-state index in [2.05, 4.69) is 34.3 Å². The van der Waals surface area contributed by atoms with Gasteiger partial charge in [0.05, 0.1) is 5.88 Å². The van der Waals surface area contributed by atoms with Crippen molar-refractivity contribution >= 4 is 17.6 Å². The largest absolute Gasteiger partial charge is 0.461 e. The van der Waals surface area contributed by atoms with Gasteiger partial charge in [-0.3, -0.25) is 0 Å². The number of ether oxygens (including phenoxy) is 1. The van der Waals surface area contributed by atoms with Gasteiger partial charge in [0, 0.05) is 5.57 Å². The van der Waals surface area contributed by atoms with E-state index in [9.17, 15) is 4.79 Å². The van der Waals surface area contributed by atoms with Crippen molar-refractivity contribution in [2.45, 2.75) is 85.5 Å². The Bertz CT molecular complexity index is 339. The van der Waals surface area contributed by atoms with Crippen LogP contribution in [0, 0.1) is 17.8 Å². The molecule has 0 radical (unpaired) electrons. The summed E-state index contributed by atoms with van der Waals surface area (Å²) in [5.41, 5.74) is 0.575. The molecule has 0 rings (SSSR count). The SMILES string of the molecule is C=C(CCCC(C)CCCC(C)CCCC(C)C)C(=O)OCCCl. The number of halogens is 1. The number of carbonyl (C=O) groups excluding carboxylic acids is 1. The highest BCUT2D eigenvalue weighted by molar-refractivity contribution is 6.18. The Hall–Kier alpha value is -0.500. The summed E-state index contributed by atoms with van der Waals surface area (Å²) in [5, 5.41) is 0. The fourth-order valence-corrected chi connectivity index (χ4v) is 3.05. The number of carbonyl (C=O) groups is 1. The molecule has 0 heterocycles. The summed E-state index contributed by atoms with van der Waals surface area (Å²) in [7, 11) is 0. The van der Waals surface area contributed by atoms with Crippen LogP contribution in [0.3, 0.4) is 0 Å². The van der Waals surface area contributed by atoms with Crippen molar-refractivity contribution in [1.29, 1.82) is 0 Å². The van der Waals surface area contributed by atoms with Gasteiger partial charge in [-0.1, -0.05) is 79.2 Å². The average Bonchev–Trinajstić information content (AvgIpc) is 2.52. The van der Waals surface area contributed by atoms with Crippen LogP contribution in [0.5, 0.6) is 0 Å². The lowest BCUT2D eigenvalue weighted by molar-refractivity contribution is -0.138. The van der Waals surface area contributed by atoms with Crippen molar-refractivity contribution < 1.29 is 9.53 Å². The van der Waals surface area contributed by atoms with E-state index in [-0.39, 0.29) is 12.6 Å². The summed E-state index contributed by atoms with van der Waals surface area (Å²) in [5.74, 6) is 2.45. The van der Waals surface area contributed by atoms with Gasteiger partial charge in [0.15, 0.2) is 0 Å². The summed E-state index contributed by atoms with van der Waals surface area (Å²) in [6, 6.07) is 0. The molecule has 0 aromatic rings. The van der Waals surface area contributed by atoms with Gasteiger partial charge in [-0.15, -0.1) is 11.6 Å². The number of rotatable bonds is 15. The lowest BCUT2D eigenvalue weighted by atomic mass is 9.91. The van der Waals surface area contributed by atoms with Gasteiger partial charge in [-0.25, -0.2) is 4.79 Å². The molecule has 0 N–H and O–H groups in total. The first-order chi connectivity index (χ1) is 11.4. The Balaban J connectivity index is 3.63. The molecule has 0 fully saturated rings. The highest BCUT2D eigenvalue weighted by Crippen LogP contribution is 2.22. The topological polar surface area (TPSA) is 26.3 Å². The first-order valence-electron chi connectivity index (χ1n) is 9.77. The van der Waals surface area contributed by atoms with E-state index in [1.807, 2.05) is 0 Å². The Morgan fingerprint density at radius 3 is 1.92 bits per heavy atom. The molecule has 2 atom stereocenters. The minimum atomic E-state index is -0.293. The molecule has 0 aromatic carbocycles. The van der Waals surface area contributed by atoms with Crippen LogP contribution in [0.15, 0.2) is 12.2 Å². The summed E-state index contributed by atoms with van der Waals surface area (Å²) < 4.78 is 4.98. The smallest absolute Gasteiger partial charge is 0.333 e. The molecule has 0 bridgehead atoms. The summed E-state index contributed by atoms with van der Waals surface area (Å²) in [6.45, 7) is 13.4. The molecule has 142 valence electrons. The molecular weight excluding hydrogens is 320 g/mol. The standard InChI is InChI=1S/C21H39ClO2/c1-17(2)9-6-10-18(3)11-7-12-19(4)13-8-14-20(5)21(23)24-16-15-22/h17-19H,5-16H2,1-4H3. The molecule has 0 aliphatic rings. The molecule has 0 spiro atoms. The average molecular weight is 359 g/mol. The number of hydrogen-bond acceptors (Lipinski definition) is 2. The third kappa shape index (κ3) is 13.9. The van der Waals surface area contributed by atoms with Crippen molar-refractivity contribution in [3.05, 3.63) is 12.2 Å². The maximum Gasteiger partial charge on any atom is 0.333 e. The first kappa shape index (κ1) is 23.5. The second kappa shape index (κ2) is 14.8. The van der Waals surface area contributed by atoms with E-state index in [1.165, 1.54) is 38.5 Å². The lowest BCUT2D eigenvalue weighted by Gasteiger charge is -2.15. The first-order valence-corrected chi connectivity index (χ1v) is 10.3. The predicted molar refractivity (Wildman–Crippen MR) is 106 cm³/mol. The molecule has 2 nitrogen and oxygen atoms in total. The molecule has 0 saturated carbocycles. The molecule has 24 heavy (non-hydrogen) atoms. The van der Waals surface area contributed by atoms with Gasteiger partial charge in [0.1, 0.15) is 6.61 Å².